The van der Waals surface area contributed by atoms with E-state index >= 15 is 0 Å². The summed E-state index contributed by atoms with van der Waals surface area (Å²) in [6, 6.07) is 9.34. The number of hydrogen-bond donors (Lipinski definition) is 1. The van der Waals surface area contributed by atoms with Crippen molar-refractivity contribution in [1.82, 2.24) is 14.6 Å². The first-order chi connectivity index (χ1) is 10.2. The number of carboxylic acids is 1. The van der Waals surface area contributed by atoms with Crippen molar-refractivity contribution >= 4 is 11.6 Å². The Labute approximate surface area is 120 Å². The summed E-state index contributed by atoms with van der Waals surface area (Å²) in [4.78, 5) is 15.3. The van der Waals surface area contributed by atoms with Gasteiger partial charge in [0.2, 0.25) is 0 Å². The van der Waals surface area contributed by atoms with Gasteiger partial charge in [-0.3, -0.25) is 0 Å². The van der Waals surface area contributed by atoms with E-state index in [1.165, 1.54) is 10.7 Å². The van der Waals surface area contributed by atoms with Gasteiger partial charge in [-0.15, -0.1) is 0 Å². The zero-order valence-corrected chi connectivity index (χ0v) is 11.4. The first-order valence-electron chi connectivity index (χ1n) is 6.50. The summed E-state index contributed by atoms with van der Waals surface area (Å²) in [6.45, 7) is 2.46. The number of rotatable bonds is 4. The minimum Gasteiger partial charge on any atom is -0.493 e. The smallest absolute Gasteiger partial charge is 0.341 e. The zero-order chi connectivity index (χ0) is 14.8. The quantitative estimate of drug-likeness (QED) is 0.796. The monoisotopic (exact) mass is 283 g/mol. The lowest BCUT2D eigenvalue weighted by Crippen LogP contribution is -2.01. The van der Waals surface area contributed by atoms with Crippen LogP contribution in [-0.2, 0) is 0 Å². The molecule has 3 aromatic rings. The van der Waals surface area contributed by atoms with Crippen LogP contribution in [0.2, 0.25) is 0 Å². The molecule has 1 N–H and O–H groups in total. The Balaban J connectivity index is 2.24. The van der Waals surface area contributed by atoms with E-state index in [1.54, 1.807) is 12.3 Å². The van der Waals surface area contributed by atoms with Crippen LogP contribution >= 0.6 is 0 Å². The van der Waals surface area contributed by atoms with E-state index in [2.05, 4.69) is 10.1 Å². The molecule has 0 radical (unpaired) electrons. The molecular weight excluding hydrogens is 270 g/mol. The molecule has 0 aliphatic heterocycles. The van der Waals surface area contributed by atoms with Gasteiger partial charge in [0.1, 0.15) is 11.3 Å². The van der Waals surface area contributed by atoms with Crippen LogP contribution in [0.1, 0.15) is 17.3 Å². The molecule has 0 saturated carbocycles. The van der Waals surface area contributed by atoms with Crippen molar-refractivity contribution < 1.29 is 14.6 Å². The lowest BCUT2D eigenvalue weighted by molar-refractivity contribution is 0.0699. The minimum absolute atomic E-state index is 0.0748. The Kier molecular flexibility index (Phi) is 3.27. The lowest BCUT2D eigenvalue weighted by atomic mass is 10.1. The maximum absolute atomic E-state index is 11.2. The van der Waals surface area contributed by atoms with E-state index < -0.39 is 5.97 Å². The highest BCUT2D eigenvalue weighted by Crippen LogP contribution is 2.30. The van der Waals surface area contributed by atoms with E-state index in [-0.39, 0.29) is 5.56 Å². The van der Waals surface area contributed by atoms with Crippen molar-refractivity contribution in [3.05, 3.63) is 48.3 Å². The van der Waals surface area contributed by atoms with Gasteiger partial charge >= 0.3 is 5.97 Å². The summed E-state index contributed by atoms with van der Waals surface area (Å²) in [6.07, 6.45) is 2.87. The molecular formula is C15H13N3O3. The molecule has 2 heterocycles. The second-order valence-electron chi connectivity index (χ2n) is 4.36. The molecule has 0 amide bonds. The van der Waals surface area contributed by atoms with Crippen molar-refractivity contribution in [2.24, 2.45) is 0 Å². The molecule has 6 nitrogen and oxygen atoms in total. The topological polar surface area (TPSA) is 76.7 Å². The summed E-state index contributed by atoms with van der Waals surface area (Å²) in [7, 11) is 0. The van der Waals surface area contributed by atoms with Crippen molar-refractivity contribution in [2.75, 3.05) is 6.61 Å². The van der Waals surface area contributed by atoms with Crippen LogP contribution in [-0.4, -0.2) is 32.3 Å². The van der Waals surface area contributed by atoms with Gasteiger partial charge in [-0.2, -0.15) is 5.10 Å². The Morgan fingerprint density at radius 3 is 2.90 bits per heavy atom. The number of carbonyl (C=O) groups is 1. The third-order valence-corrected chi connectivity index (χ3v) is 3.09. The highest BCUT2D eigenvalue weighted by atomic mass is 16.5. The standard InChI is InChI=1S/C15H13N3O3/c1-2-21-13-6-4-3-5-10(13)12-7-8-16-14-11(15(19)20)9-17-18(12)14/h3-9H,2H2,1H3,(H,19,20). The maximum atomic E-state index is 11.2. The summed E-state index contributed by atoms with van der Waals surface area (Å²) >= 11 is 0. The summed E-state index contributed by atoms with van der Waals surface area (Å²) in [5.41, 5.74) is 1.96. The Morgan fingerprint density at radius 2 is 2.14 bits per heavy atom. The molecule has 0 atom stereocenters. The van der Waals surface area contributed by atoms with Crippen LogP contribution in [0.3, 0.4) is 0 Å². The van der Waals surface area contributed by atoms with Crippen LogP contribution in [0.15, 0.2) is 42.7 Å². The second-order valence-corrected chi connectivity index (χ2v) is 4.36. The molecule has 21 heavy (non-hydrogen) atoms. The molecule has 0 aliphatic rings. The minimum atomic E-state index is -1.05. The van der Waals surface area contributed by atoms with Crippen molar-refractivity contribution in [3.63, 3.8) is 0 Å². The lowest BCUT2D eigenvalue weighted by Gasteiger charge is -2.11. The van der Waals surface area contributed by atoms with E-state index in [4.69, 9.17) is 9.84 Å². The Morgan fingerprint density at radius 1 is 1.33 bits per heavy atom. The predicted octanol–water partition coefficient (Wildman–Crippen LogP) is 2.49. The fourth-order valence-electron chi connectivity index (χ4n) is 2.21. The summed E-state index contributed by atoms with van der Waals surface area (Å²) in [5, 5.41) is 13.3. The van der Waals surface area contributed by atoms with Crippen LogP contribution in [0.25, 0.3) is 16.9 Å². The first-order valence-corrected chi connectivity index (χ1v) is 6.50. The number of benzene rings is 1. The van der Waals surface area contributed by atoms with Gasteiger partial charge in [0.05, 0.1) is 18.5 Å². The SMILES string of the molecule is CCOc1ccccc1-c1ccnc2c(C(=O)O)cnn12. The normalized spacial score (nSPS) is 10.7. The van der Waals surface area contributed by atoms with Gasteiger partial charge in [-0.25, -0.2) is 14.3 Å². The number of aromatic nitrogens is 3. The van der Waals surface area contributed by atoms with Gasteiger partial charge in [0.15, 0.2) is 5.65 Å². The van der Waals surface area contributed by atoms with E-state index in [0.717, 1.165) is 17.0 Å². The largest absolute Gasteiger partial charge is 0.493 e. The van der Waals surface area contributed by atoms with E-state index in [1.807, 2.05) is 31.2 Å². The molecule has 6 heteroatoms. The average Bonchev–Trinajstić information content (AvgIpc) is 2.92. The molecule has 106 valence electrons. The molecule has 0 saturated heterocycles. The average molecular weight is 283 g/mol. The number of carboxylic acid groups (broad SMARTS) is 1. The van der Waals surface area contributed by atoms with Crippen LogP contribution in [0, 0.1) is 0 Å². The molecule has 0 fully saturated rings. The first kappa shape index (κ1) is 13.1. The molecule has 2 aromatic heterocycles. The van der Waals surface area contributed by atoms with E-state index in [9.17, 15) is 4.79 Å². The molecule has 3 rings (SSSR count). The third-order valence-electron chi connectivity index (χ3n) is 3.09. The number of para-hydroxylation sites is 1. The maximum Gasteiger partial charge on any atom is 0.341 e. The van der Waals surface area contributed by atoms with Gasteiger partial charge in [0, 0.05) is 11.8 Å². The summed E-state index contributed by atoms with van der Waals surface area (Å²) < 4.78 is 7.13. The van der Waals surface area contributed by atoms with Gasteiger partial charge in [-0.1, -0.05) is 12.1 Å². The van der Waals surface area contributed by atoms with Gasteiger partial charge in [0.25, 0.3) is 0 Å². The molecule has 0 spiro atoms. The molecule has 1 aromatic carbocycles. The summed E-state index contributed by atoms with van der Waals surface area (Å²) in [5.74, 6) is -0.326. The number of hydrogen-bond acceptors (Lipinski definition) is 4. The zero-order valence-electron chi connectivity index (χ0n) is 11.4. The fourth-order valence-corrected chi connectivity index (χ4v) is 2.21. The predicted molar refractivity (Wildman–Crippen MR) is 76.6 cm³/mol. The van der Waals surface area contributed by atoms with Crippen LogP contribution in [0.5, 0.6) is 5.75 Å². The van der Waals surface area contributed by atoms with E-state index in [0.29, 0.717) is 12.3 Å². The third kappa shape index (κ3) is 2.20. The highest BCUT2D eigenvalue weighted by Gasteiger charge is 2.16. The highest BCUT2D eigenvalue weighted by molar-refractivity contribution is 5.94. The number of fused-ring (bicyclic) bond motifs is 1. The molecule has 0 unspecified atom stereocenters. The van der Waals surface area contributed by atoms with Crippen LogP contribution in [0.4, 0.5) is 0 Å². The fraction of sp³-hybridized carbons (Fsp3) is 0.133. The van der Waals surface area contributed by atoms with Crippen molar-refractivity contribution in [2.45, 2.75) is 6.92 Å². The van der Waals surface area contributed by atoms with Crippen LogP contribution < -0.4 is 4.74 Å². The number of ether oxygens (including phenoxy) is 1. The van der Waals surface area contributed by atoms with Crippen molar-refractivity contribution in [1.29, 1.82) is 0 Å². The van der Waals surface area contributed by atoms with Gasteiger partial charge in [-0.05, 0) is 25.1 Å². The number of aromatic carboxylic acids is 1. The molecule has 0 bridgehead atoms. The van der Waals surface area contributed by atoms with Crippen molar-refractivity contribution in [3.8, 4) is 17.0 Å². The Hall–Kier alpha value is -2.89. The number of nitrogens with zero attached hydrogens (tertiary/aromatic N) is 3. The Bertz CT molecular complexity index is 811. The molecule has 0 aliphatic carbocycles. The van der Waals surface area contributed by atoms with Gasteiger partial charge < -0.3 is 9.84 Å². The second kappa shape index (κ2) is 5.24.